The normalized spacial score (nSPS) is 12.1. The van der Waals surface area contributed by atoms with Gasteiger partial charge in [-0.05, 0) is 24.1 Å². The van der Waals surface area contributed by atoms with E-state index >= 15 is 0 Å². The highest BCUT2D eigenvalue weighted by atomic mass is 19.1. The summed E-state index contributed by atoms with van der Waals surface area (Å²) in [6, 6.07) is 6.10. The van der Waals surface area contributed by atoms with Crippen molar-refractivity contribution < 1.29 is 9.50 Å². The first-order chi connectivity index (χ1) is 7.19. The van der Waals surface area contributed by atoms with Crippen molar-refractivity contribution in [3.8, 4) is 6.07 Å². The van der Waals surface area contributed by atoms with Gasteiger partial charge in [-0.3, -0.25) is 5.32 Å². The molecule has 80 valence electrons. The van der Waals surface area contributed by atoms with E-state index in [2.05, 4.69) is 11.4 Å². The fraction of sp³-hybridized carbons (Fsp3) is 0.364. The molecule has 0 saturated carbocycles. The van der Waals surface area contributed by atoms with Crippen LogP contribution in [0.3, 0.4) is 0 Å². The monoisotopic (exact) mass is 208 g/mol. The highest BCUT2D eigenvalue weighted by molar-refractivity contribution is 5.29. The summed E-state index contributed by atoms with van der Waals surface area (Å²) >= 11 is 0. The molecular formula is C11H13FN2O. The third-order valence-corrected chi connectivity index (χ3v) is 2.10. The third-order valence-electron chi connectivity index (χ3n) is 2.10. The predicted octanol–water partition coefficient (Wildman–Crippen LogP) is 1.28. The molecule has 0 aromatic heterocycles. The van der Waals surface area contributed by atoms with E-state index in [9.17, 15) is 4.39 Å². The number of halogens is 1. The van der Waals surface area contributed by atoms with Gasteiger partial charge in [-0.25, -0.2) is 4.39 Å². The number of nitriles is 1. The van der Waals surface area contributed by atoms with E-state index in [-0.39, 0.29) is 12.4 Å². The van der Waals surface area contributed by atoms with E-state index in [1.165, 1.54) is 6.07 Å². The second kappa shape index (κ2) is 5.44. The molecule has 0 radical (unpaired) electrons. The fourth-order valence-electron chi connectivity index (χ4n) is 1.29. The summed E-state index contributed by atoms with van der Waals surface area (Å²) in [7, 11) is 0. The van der Waals surface area contributed by atoms with Crippen molar-refractivity contribution in [1.82, 2.24) is 5.32 Å². The van der Waals surface area contributed by atoms with Crippen LogP contribution in [0, 0.1) is 24.1 Å². The number of aliphatic hydroxyl groups excluding tert-OH is 1. The summed E-state index contributed by atoms with van der Waals surface area (Å²) in [5.41, 5.74) is 1.23. The van der Waals surface area contributed by atoms with Crippen LogP contribution in [-0.4, -0.2) is 18.3 Å². The maximum absolute atomic E-state index is 13.0. The van der Waals surface area contributed by atoms with Gasteiger partial charge in [0.15, 0.2) is 0 Å². The van der Waals surface area contributed by atoms with Crippen LogP contribution in [0.15, 0.2) is 18.2 Å². The molecule has 1 rings (SSSR count). The largest absolute Gasteiger partial charge is 0.395 e. The van der Waals surface area contributed by atoms with Crippen molar-refractivity contribution >= 4 is 0 Å². The van der Waals surface area contributed by atoms with Crippen molar-refractivity contribution in [3.05, 3.63) is 35.1 Å². The Morgan fingerprint density at radius 3 is 2.87 bits per heavy atom. The molecular weight excluding hydrogens is 195 g/mol. The van der Waals surface area contributed by atoms with Gasteiger partial charge in [-0.2, -0.15) is 5.26 Å². The van der Waals surface area contributed by atoms with Crippen LogP contribution >= 0.6 is 0 Å². The van der Waals surface area contributed by atoms with Crippen LogP contribution in [0.1, 0.15) is 17.2 Å². The minimum atomic E-state index is -0.503. The Balaban J connectivity index is 2.84. The first kappa shape index (κ1) is 11.6. The summed E-state index contributed by atoms with van der Waals surface area (Å²) < 4.78 is 13.0. The highest BCUT2D eigenvalue weighted by Gasteiger charge is 2.10. The van der Waals surface area contributed by atoms with E-state index in [0.29, 0.717) is 17.7 Å². The summed E-state index contributed by atoms with van der Waals surface area (Å²) in [5, 5.41) is 20.4. The Hall–Kier alpha value is -1.44. The van der Waals surface area contributed by atoms with Crippen LogP contribution < -0.4 is 5.32 Å². The maximum atomic E-state index is 13.0. The van der Waals surface area contributed by atoms with Crippen LogP contribution in [0.25, 0.3) is 0 Å². The van der Waals surface area contributed by atoms with Crippen LogP contribution in [0.2, 0.25) is 0 Å². The molecule has 1 atom stereocenters. The van der Waals surface area contributed by atoms with Gasteiger partial charge < -0.3 is 5.11 Å². The zero-order chi connectivity index (χ0) is 11.3. The smallest absolute Gasteiger partial charge is 0.126 e. The van der Waals surface area contributed by atoms with Gasteiger partial charge in [0.05, 0.1) is 12.7 Å². The Morgan fingerprint density at radius 2 is 2.33 bits per heavy atom. The SMILES string of the molecule is Cc1cc(C(C#N)NCCO)ccc1F. The Kier molecular flexibility index (Phi) is 4.22. The number of aliphatic hydroxyl groups is 1. The molecule has 0 aliphatic heterocycles. The van der Waals surface area contributed by atoms with Crippen LogP contribution in [-0.2, 0) is 0 Å². The van der Waals surface area contributed by atoms with Gasteiger partial charge in [0.1, 0.15) is 11.9 Å². The van der Waals surface area contributed by atoms with Crippen molar-refractivity contribution in [1.29, 1.82) is 5.26 Å². The van der Waals surface area contributed by atoms with Crippen LogP contribution in [0.4, 0.5) is 4.39 Å². The van der Waals surface area contributed by atoms with Crippen molar-refractivity contribution in [2.45, 2.75) is 13.0 Å². The van der Waals surface area contributed by atoms with Crippen molar-refractivity contribution in [3.63, 3.8) is 0 Å². The second-order valence-corrected chi connectivity index (χ2v) is 3.25. The highest BCUT2D eigenvalue weighted by Crippen LogP contribution is 2.15. The summed E-state index contributed by atoms with van der Waals surface area (Å²) in [6.07, 6.45) is 0. The lowest BCUT2D eigenvalue weighted by molar-refractivity contribution is 0.289. The molecule has 0 bridgehead atoms. The van der Waals surface area contributed by atoms with Crippen molar-refractivity contribution in [2.24, 2.45) is 0 Å². The third kappa shape index (κ3) is 3.01. The number of hydrogen-bond donors (Lipinski definition) is 2. The minimum absolute atomic E-state index is 0.0294. The molecule has 0 aliphatic rings. The Morgan fingerprint density at radius 1 is 1.60 bits per heavy atom. The molecule has 0 amide bonds. The molecule has 1 unspecified atom stereocenters. The fourth-order valence-corrected chi connectivity index (χ4v) is 1.29. The predicted molar refractivity (Wildman–Crippen MR) is 54.6 cm³/mol. The van der Waals surface area contributed by atoms with E-state index in [1.54, 1.807) is 19.1 Å². The quantitative estimate of drug-likeness (QED) is 0.783. The molecule has 2 N–H and O–H groups in total. The lowest BCUT2D eigenvalue weighted by atomic mass is 10.1. The first-order valence-corrected chi connectivity index (χ1v) is 4.69. The lowest BCUT2D eigenvalue weighted by Gasteiger charge is -2.11. The van der Waals surface area contributed by atoms with Gasteiger partial charge in [-0.15, -0.1) is 0 Å². The van der Waals surface area contributed by atoms with Gasteiger partial charge in [-0.1, -0.05) is 12.1 Å². The van der Waals surface area contributed by atoms with Gasteiger partial charge in [0, 0.05) is 6.54 Å². The average molecular weight is 208 g/mol. The zero-order valence-corrected chi connectivity index (χ0v) is 8.50. The topological polar surface area (TPSA) is 56.0 Å². The number of benzene rings is 1. The van der Waals surface area contributed by atoms with Gasteiger partial charge in [0.25, 0.3) is 0 Å². The van der Waals surface area contributed by atoms with Gasteiger partial charge in [0.2, 0.25) is 0 Å². The number of aryl methyl sites for hydroxylation is 1. The molecule has 1 aromatic rings. The summed E-state index contributed by atoms with van der Waals surface area (Å²) in [5.74, 6) is -0.280. The summed E-state index contributed by atoms with van der Waals surface area (Å²) in [4.78, 5) is 0. The maximum Gasteiger partial charge on any atom is 0.126 e. The Bertz CT molecular complexity index is 373. The van der Waals surface area contributed by atoms with E-state index in [1.807, 2.05) is 0 Å². The molecule has 0 spiro atoms. The minimum Gasteiger partial charge on any atom is -0.395 e. The summed E-state index contributed by atoms with van der Waals surface area (Å²) in [6.45, 7) is 1.96. The lowest BCUT2D eigenvalue weighted by Crippen LogP contribution is -2.23. The number of nitrogens with one attached hydrogen (secondary N) is 1. The van der Waals surface area contributed by atoms with E-state index < -0.39 is 6.04 Å². The number of hydrogen-bond acceptors (Lipinski definition) is 3. The second-order valence-electron chi connectivity index (χ2n) is 3.25. The van der Waals surface area contributed by atoms with E-state index in [4.69, 9.17) is 10.4 Å². The Labute approximate surface area is 88.2 Å². The molecule has 3 nitrogen and oxygen atoms in total. The van der Waals surface area contributed by atoms with E-state index in [0.717, 1.165) is 0 Å². The molecule has 15 heavy (non-hydrogen) atoms. The molecule has 0 heterocycles. The molecule has 4 heteroatoms. The zero-order valence-electron chi connectivity index (χ0n) is 8.50. The first-order valence-electron chi connectivity index (χ1n) is 4.69. The molecule has 0 saturated heterocycles. The number of rotatable bonds is 4. The number of nitrogens with zero attached hydrogens (tertiary/aromatic N) is 1. The van der Waals surface area contributed by atoms with Gasteiger partial charge >= 0.3 is 0 Å². The van der Waals surface area contributed by atoms with Crippen LogP contribution in [0.5, 0.6) is 0 Å². The molecule has 0 aliphatic carbocycles. The van der Waals surface area contributed by atoms with Crippen molar-refractivity contribution in [2.75, 3.05) is 13.2 Å². The standard InChI is InChI=1S/C11H13FN2O/c1-8-6-9(2-3-10(8)12)11(7-13)14-4-5-15/h2-3,6,11,14-15H,4-5H2,1H3. The molecule has 0 fully saturated rings. The molecule has 1 aromatic carbocycles. The average Bonchev–Trinajstić information content (AvgIpc) is 2.24.